The van der Waals surface area contributed by atoms with Gasteiger partial charge in [0, 0.05) is 26.7 Å². The second kappa shape index (κ2) is 14.6. The summed E-state index contributed by atoms with van der Waals surface area (Å²) in [6.45, 7) is 4.78. The predicted molar refractivity (Wildman–Crippen MR) is 130 cm³/mol. The molecule has 0 saturated carbocycles. The molecular weight excluding hydrogens is 443 g/mol. The van der Waals surface area contributed by atoms with Gasteiger partial charge in [-0.1, -0.05) is 88.1 Å². The molecule has 1 aromatic carbocycles. The van der Waals surface area contributed by atoms with Crippen molar-refractivity contribution < 1.29 is 22.7 Å². The number of urea groups is 1. The third kappa shape index (κ3) is 9.45. The van der Waals surface area contributed by atoms with Crippen molar-refractivity contribution >= 4 is 6.03 Å². The Labute approximate surface area is 202 Å². The maximum atomic E-state index is 14.0. The molecule has 2 rings (SSSR count). The molecule has 0 radical (unpaired) electrons. The first-order chi connectivity index (χ1) is 16.3. The molecule has 0 unspecified atom stereocenters. The molecule has 1 heterocycles. The van der Waals surface area contributed by atoms with E-state index in [-0.39, 0.29) is 24.7 Å². The van der Waals surface area contributed by atoms with Gasteiger partial charge in [-0.15, -0.1) is 0 Å². The van der Waals surface area contributed by atoms with Gasteiger partial charge in [0.1, 0.15) is 6.04 Å². The second-order valence-corrected chi connectivity index (χ2v) is 9.42. The minimum absolute atomic E-state index is 0.0714. The van der Waals surface area contributed by atoms with E-state index < -0.39 is 24.4 Å². The van der Waals surface area contributed by atoms with E-state index >= 15 is 0 Å². The predicted octanol–water partition coefficient (Wildman–Crippen LogP) is 6.13. The van der Waals surface area contributed by atoms with Crippen molar-refractivity contribution in [2.24, 2.45) is 0 Å². The number of carbonyl (C=O) groups is 1. The molecule has 34 heavy (non-hydrogen) atoms. The van der Waals surface area contributed by atoms with Crippen LogP contribution in [0.15, 0.2) is 24.3 Å². The number of methoxy groups -OCH3 is 1. The van der Waals surface area contributed by atoms with Gasteiger partial charge >= 0.3 is 12.2 Å². The van der Waals surface area contributed by atoms with Crippen LogP contribution in [0.1, 0.15) is 81.9 Å². The minimum Gasteiger partial charge on any atom is -0.378 e. The van der Waals surface area contributed by atoms with Crippen LogP contribution in [0.2, 0.25) is 0 Å². The number of aryl methyl sites for hydroxylation is 1. The monoisotopic (exact) mass is 485 g/mol. The summed E-state index contributed by atoms with van der Waals surface area (Å²) in [5.74, 6) is 0. The lowest BCUT2D eigenvalue weighted by molar-refractivity contribution is -0.184. The lowest BCUT2D eigenvalue weighted by atomic mass is 10.0. The molecule has 0 bridgehead atoms. The average molecular weight is 486 g/mol. The summed E-state index contributed by atoms with van der Waals surface area (Å²) in [4.78, 5) is 13.7. The van der Waals surface area contributed by atoms with Gasteiger partial charge in [0.15, 0.2) is 0 Å². The quantitative estimate of drug-likeness (QED) is 0.312. The van der Waals surface area contributed by atoms with Gasteiger partial charge < -0.3 is 15.4 Å². The van der Waals surface area contributed by atoms with Gasteiger partial charge in [0.25, 0.3) is 0 Å². The van der Waals surface area contributed by atoms with Crippen LogP contribution in [0.4, 0.5) is 18.0 Å². The highest BCUT2D eigenvalue weighted by molar-refractivity contribution is 5.74. The Morgan fingerprint density at radius 2 is 1.62 bits per heavy atom. The maximum Gasteiger partial charge on any atom is 0.408 e. The van der Waals surface area contributed by atoms with Crippen molar-refractivity contribution in [3.63, 3.8) is 0 Å². The van der Waals surface area contributed by atoms with Crippen molar-refractivity contribution in [1.29, 1.82) is 0 Å². The molecule has 0 aromatic heterocycles. The number of amides is 2. The van der Waals surface area contributed by atoms with Gasteiger partial charge in [-0.2, -0.15) is 13.2 Å². The zero-order valence-electron chi connectivity index (χ0n) is 20.9. The van der Waals surface area contributed by atoms with E-state index in [1.54, 1.807) is 12.1 Å². The van der Waals surface area contributed by atoms with E-state index in [0.717, 1.165) is 24.8 Å². The van der Waals surface area contributed by atoms with Gasteiger partial charge in [0.05, 0.1) is 12.1 Å². The molecule has 1 fully saturated rings. The largest absolute Gasteiger partial charge is 0.408 e. The number of unbranched alkanes of at least 4 members (excludes halogenated alkanes) is 8. The Balaban J connectivity index is 1.78. The zero-order chi connectivity index (χ0) is 25.0. The first kappa shape index (κ1) is 28.4. The summed E-state index contributed by atoms with van der Waals surface area (Å²) in [7, 11) is 1.47. The van der Waals surface area contributed by atoms with Crippen molar-refractivity contribution in [1.82, 2.24) is 15.5 Å². The Morgan fingerprint density at radius 3 is 2.18 bits per heavy atom. The Hall–Kier alpha value is -1.80. The maximum absolute atomic E-state index is 14.0. The summed E-state index contributed by atoms with van der Waals surface area (Å²) in [5, 5.41) is 5.66. The standard InChI is InChI=1S/C26H42F3N3O2/c1-4-5-6-7-8-9-10-11-12-17-30-25(33)31-22-18-32(19-23(22)34-3)24(26(27,28)29)21-15-13-20(2)14-16-21/h13-16,22-24H,4-12,17-19H2,1-3H3,(H2,30,31,33)/t22-,23-,24+/m0/s1. The molecule has 2 N–H and O–H groups in total. The normalized spacial score (nSPS) is 19.8. The van der Waals surface area contributed by atoms with Crippen molar-refractivity contribution in [3.05, 3.63) is 35.4 Å². The van der Waals surface area contributed by atoms with Gasteiger partial charge in [-0.25, -0.2) is 4.79 Å². The molecule has 194 valence electrons. The topological polar surface area (TPSA) is 53.6 Å². The fourth-order valence-electron chi connectivity index (χ4n) is 4.60. The number of nitrogens with one attached hydrogen (secondary N) is 2. The molecule has 1 aromatic rings. The van der Waals surface area contributed by atoms with Crippen LogP contribution in [0.25, 0.3) is 0 Å². The molecule has 2 amide bonds. The van der Waals surface area contributed by atoms with Crippen LogP contribution in [0.5, 0.6) is 0 Å². The average Bonchev–Trinajstić information content (AvgIpc) is 3.17. The number of alkyl halides is 3. The fourth-order valence-corrected chi connectivity index (χ4v) is 4.60. The van der Waals surface area contributed by atoms with E-state index in [1.165, 1.54) is 62.7 Å². The lowest BCUT2D eigenvalue weighted by Crippen LogP contribution is -2.48. The first-order valence-electron chi connectivity index (χ1n) is 12.7. The number of halogens is 3. The third-order valence-corrected chi connectivity index (χ3v) is 6.55. The SMILES string of the molecule is CCCCCCCCCCCNC(=O)N[C@H]1CN([C@H](c2ccc(C)cc2)C(F)(F)F)C[C@@H]1OC. The summed E-state index contributed by atoms with van der Waals surface area (Å²) in [5.41, 5.74) is 1.10. The highest BCUT2D eigenvalue weighted by Crippen LogP contribution is 2.39. The van der Waals surface area contributed by atoms with Crippen LogP contribution in [0, 0.1) is 6.92 Å². The van der Waals surface area contributed by atoms with E-state index in [4.69, 9.17) is 4.74 Å². The van der Waals surface area contributed by atoms with Gasteiger partial charge in [-0.3, -0.25) is 4.90 Å². The van der Waals surface area contributed by atoms with Gasteiger partial charge in [0.2, 0.25) is 0 Å². The van der Waals surface area contributed by atoms with Crippen LogP contribution < -0.4 is 10.6 Å². The summed E-state index contributed by atoms with van der Waals surface area (Å²) >= 11 is 0. The Kier molecular flexibility index (Phi) is 12.2. The van der Waals surface area contributed by atoms with Crippen molar-refractivity contribution in [2.75, 3.05) is 26.7 Å². The Morgan fingerprint density at radius 1 is 1.03 bits per heavy atom. The number of ether oxygens (including phenoxy) is 1. The van der Waals surface area contributed by atoms with Crippen molar-refractivity contribution in [3.8, 4) is 0 Å². The van der Waals surface area contributed by atoms with E-state index in [1.807, 2.05) is 6.92 Å². The number of hydrogen-bond acceptors (Lipinski definition) is 3. The minimum atomic E-state index is -4.43. The van der Waals surface area contributed by atoms with Crippen LogP contribution >= 0.6 is 0 Å². The van der Waals surface area contributed by atoms with Crippen LogP contribution in [0.3, 0.4) is 0 Å². The molecule has 1 saturated heterocycles. The van der Waals surface area contributed by atoms with Crippen molar-refractivity contribution in [2.45, 2.75) is 96.0 Å². The number of rotatable bonds is 14. The molecule has 8 heteroatoms. The number of benzene rings is 1. The van der Waals surface area contributed by atoms with Crippen LogP contribution in [-0.2, 0) is 4.74 Å². The summed E-state index contributed by atoms with van der Waals surface area (Å²) in [6, 6.07) is 3.82. The summed E-state index contributed by atoms with van der Waals surface area (Å²) < 4.78 is 47.3. The fraction of sp³-hybridized carbons (Fsp3) is 0.731. The second-order valence-electron chi connectivity index (χ2n) is 9.42. The van der Waals surface area contributed by atoms with E-state index in [2.05, 4.69) is 17.6 Å². The number of nitrogens with zero attached hydrogens (tertiary/aromatic N) is 1. The third-order valence-electron chi connectivity index (χ3n) is 6.55. The Bertz CT molecular complexity index is 712. The summed E-state index contributed by atoms with van der Waals surface area (Å²) in [6.07, 6.45) is 5.87. The highest BCUT2D eigenvalue weighted by Gasteiger charge is 2.49. The van der Waals surface area contributed by atoms with E-state index in [0.29, 0.717) is 6.54 Å². The first-order valence-corrected chi connectivity index (χ1v) is 12.7. The molecule has 5 nitrogen and oxygen atoms in total. The highest BCUT2D eigenvalue weighted by atomic mass is 19.4. The molecule has 1 aliphatic rings. The van der Waals surface area contributed by atoms with Gasteiger partial charge in [-0.05, 0) is 18.9 Å². The molecular formula is C26H42F3N3O2. The van der Waals surface area contributed by atoms with Crippen LogP contribution in [-0.4, -0.2) is 56.0 Å². The zero-order valence-corrected chi connectivity index (χ0v) is 20.9. The molecule has 0 spiro atoms. The smallest absolute Gasteiger partial charge is 0.378 e. The number of hydrogen-bond donors (Lipinski definition) is 2. The molecule has 1 aliphatic heterocycles. The molecule has 0 aliphatic carbocycles. The number of likely N-dealkylation sites (tertiary alicyclic amines) is 1. The molecule has 3 atom stereocenters. The van der Waals surface area contributed by atoms with E-state index in [9.17, 15) is 18.0 Å². The number of carbonyl (C=O) groups excluding carboxylic acids is 1. The lowest BCUT2D eigenvalue weighted by Gasteiger charge is -2.30.